The Morgan fingerprint density at radius 1 is 1.31 bits per heavy atom. The monoisotopic (exact) mass is 248 g/mol. The number of ether oxygens (including phenoxy) is 1. The third-order valence-electron chi connectivity index (χ3n) is 2.72. The lowest BCUT2D eigenvalue weighted by molar-refractivity contribution is 0.0271. The molecule has 1 saturated carbocycles. The molecule has 0 amide bonds. The summed E-state index contributed by atoms with van der Waals surface area (Å²) in [6.07, 6.45) is 4.29. The summed E-state index contributed by atoms with van der Waals surface area (Å²) >= 11 is 3.55. The molecule has 0 aliphatic heterocycles. The molecule has 13 heavy (non-hydrogen) atoms. The van der Waals surface area contributed by atoms with Gasteiger partial charge in [-0.15, -0.1) is 0 Å². The summed E-state index contributed by atoms with van der Waals surface area (Å²) in [7, 11) is 0. The molecule has 1 nitrogen and oxygen atoms in total. The van der Waals surface area contributed by atoms with Crippen LogP contribution in [0.5, 0.6) is 0 Å². The molecule has 0 aromatic rings. The second-order valence-corrected chi connectivity index (χ2v) is 5.45. The summed E-state index contributed by atoms with van der Waals surface area (Å²) in [6.45, 7) is 7.63. The molecular weight excluding hydrogens is 228 g/mol. The van der Waals surface area contributed by atoms with Gasteiger partial charge in [-0.3, -0.25) is 0 Å². The molecule has 0 aromatic carbocycles. The van der Waals surface area contributed by atoms with E-state index in [1.807, 2.05) is 0 Å². The maximum absolute atomic E-state index is 5.84. The minimum Gasteiger partial charge on any atom is -0.378 e. The van der Waals surface area contributed by atoms with Gasteiger partial charge in [0.2, 0.25) is 0 Å². The minimum absolute atomic E-state index is 0.427. The highest BCUT2D eigenvalue weighted by Gasteiger charge is 2.41. The number of hydrogen-bond donors (Lipinski definition) is 0. The van der Waals surface area contributed by atoms with Crippen LogP contribution in [-0.2, 0) is 4.74 Å². The summed E-state index contributed by atoms with van der Waals surface area (Å²) in [6, 6.07) is 0. The molecule has 0 N–H and O–H groups in total. The molecule has 0 aromatic heterocycles. The predicted molar refractivity (Wildman–Crippen MR) is 60.3 cm³/mol. The Hall–Kier alpha value is 0.440. The Morgan fingerprint density at radius 3 is 2.31 bits per heavy atom. The van der Waals surface area contributed by atoms with Crippen molar-refractivity contribution in [2.24, 2.45) is 11.3 Å². The highest BCUT2D eigenvalue weighted by atomic mass is 79.9. The lowest BCUT2D eigenvalue weighted by Gasteiger charge is -2.18. The van der Waals surface area contributed by atoms with Gasteiger partial charge < -0.3 is 4.74 Å². The molecule has 0 saturated heterocycles. The summed E-state index contributed by atoms with van der Waals surface area (Å²) in [4.78, 5) is 0. The topological polar surface area (TPSA) is 9.23 Å². The molecule has 78 valence electrons. The molecule has 0 radical (unpaired) electrons. The maximum Gasteiger partial charge on any atom is 0.0549 e. The van der Waals surface area contributed by atoms with Crippen LogP contribution < -0.4 is 0 Å². The zero-order valence-electron chi connectivity index (χ0n) is 8.98. The van der Waals surface area contributed by atoms with Crippen molar-refractivity contribution in [3.05, 3.63) is 0 Å². The Balaban J connectivity index is 2.11. The van der Waals surface area contributed by atoms with Crippen molar-refractivity contribution in [1.82, 2.24) is 0 Å². The van der Waals surface area contributed by atoms with Gasteiger partial charge in [-0.1, -0.05) is 29.8 Å². The Labute approximate surface area is 90.4 Å². The molecule has 0 spiro atoms. The maximum atomic E-state index is 5.84. The van der Waals surface area contributed by atoms with Crippen molar-refractivity contribution >= 4 is 15.9 Å². The van der Waals surface area contributed by atoms with Crippen LogP contribution in [0.25, 0.3) is 0 Å². The lowest BCUT2D eigenvalue weighted by Crippen LogP contribution is -2.19. The highest BCUT2D eigenvalue weighted by molar-refractivity contribution is 9.09. The molecule has 1 unspecified atom stereocenters. The van der Waals surface area contributed by atoms with E-state index in [2.05, 4.69) is 36.7 Å². The van der Waals surface area contributed by atoms with E-state index in [0.29, 0.717) is 11.5 Å². The number of rotatable bonds is 6. The third-order valence-corrected chi connectivity index (χ3v) is 3.91. The molecule has 2 heteroatoms. The van der Waals surface area contributed by atoms with Gasteiger partial charge in [0.1, 0.15) is 0 Å². The van der Waals surface area contributed by atoms with E-state index >= 15 is 0 Å². The van der Waals surface area contributed by atoms with E-state index in [1.165, 1.54) is 19.3 Å². The lowest BCUT2D eigenvalue weighted by atomic mass is 10.1. The van der Waals surface area contributed by atoms with Crippen molar-refractivity contribution in [3.63, 3.8) is 0 Å². The van der Waals surface area contributed by atoms with Gasteiger partial charge in [0.05, 0.1) is 12.7 Å². The zero-order chi connectivity index (χ0) is 9.90. The van der Waals surface area contributed by atoms with Crippen molar-refractivity contribution < 1.29 is 4.74 Å². The van der Waals surface area contributed by atoms with Crippen LogP contribution >= 0.6 is 15.9 Å². The highest BCUT2D eigenvalue weighted by Crippen LogP contribution is 2.47. The second kappa shape index (κ2) is 4.79. The zero-order valence-corrected chi connectivity index (χ0v) is 10.6. The van der Waals surface area contributed by atoms with E-state index < -0.39 is 0 Å². The first-order chi connectivity index (χ1) is 6.08. The SMILES string of the molecule is CC(C)CC(C)OCC1(CBr)CC1. The van der Waals surface area contributed by atoms with Gasteiger partial charge in [-0.05, 0) is 32.1 Å². The summed E-state index contributed by atoms with van der Waals surface area (Å²) < 4.78 is 5.84. The van der Waals surface area contributed by atoms with E-state index in [-0.39, 0.29) is 0 Å². The fourth-order valence-corrected chi connectivity index (χ4v) is 2.27. The molecule has 0 bridgehead atoms. The third kappa shape index (κ3) is 3.99. The van der Waals surface area contributed by atoms with Crippen LogP contribution in [0.1, 0.15) is 40.0 Å². The standard InChI is InChI=1S/C11H21BrO/c1-9(2)6-10(3)13-8-11(7-12)4-5-11/h9-10H,4-8H2,1-3H3. The molecule has 1 rings (SSSR count). The number of hydrogen-bond acceptors (Lipinski definition) is 1. The number of alkyl halides is 1. The normalized spacial score (nSPS) is 21.9. The van der Waals surface area contributed by atoms with Crippen molar-refractivity contribution in [2.75, 3.05) is 11.9 Å². The quantitative estimate of drug-likeness (QED) is 0.653. The second-order valence-electron chi connectivity index (χ2n) is 4.88. The molecule has 1 aliphatic carbocycles. The van der Waals surface area contributed by atoms with Gasteiger partial charge >= 0.3 is 0 Å². The summed E-state index contributed by atoms with van der Waals surface area (Å²) in [5.74, 6) is 0.745. The summed E-state index contributed by atoms with van der Waals surface area (Å²) in [5.41, 5.74) is 0.505. The van der Waals surface area contributed by atoms with Crippen LogP contribution in [0, 0.1) is 11.3 Å². The van der Waals surface area contributed by atoms with E-state index in [0.717, 1.165) is 17.9 Å². The fraction of sp³-hybridized carbons (Fsp3) is 1.00. The predicted octanol–water partition coefficient (Wildman–Crippen LogP) is 3.61. The number of halogens is 1. The average molecular weight is 249 g/mol. The summed E-state index contributed by atoms with van der Waals surface area (Å²) in [5, 5.41) is 1.11. The molecule has 1 fully saturated rings. The smallest absolute Gasteiger partial charge is 0.0549 e. The first-order valence-corrected chi connectivity index (χ1v) is 6.38. The van der Waals surface area contributed by atoms with Crippen LogP contribution in [0.3, 0.4) is 0 Å². The van der Waals surface area contributed by atoms with Gasteiger partial charge in [-0.2, -0.15) is 0 Å². The van der Waals surface area contributed by atoms with E-state index in [4.69, 9.17) is 4.74 Å². The largest absolute Gasteiger partial charge is 0.378 e. The van der Waals surface area contributed by atoms with Gasteiger partial charge in [-0.25, -0.2) is 0 Å². The van der Waals surface area contributed by atoms with Crippen molar-refractivity contribution in [1.29, 1.82) is 0 Å². The van der Waals surface area contributed by atoms with Gasteiger partial charge in [0.25, 0.3) is 0 Å². The van der Waals surface area contributed by atoms with Crippen LogP contribution in [0.15, 0.2) is 0 Å². The molecule has 0 heterocycles. The van der Waals surface area contributed by atoms with Crippen LogP contribution in [0.2, 0.25) is 0 Å². The van der Waals surface area contributed by atoms with E-state index in [1.54, 1.807) is 0 Å². The first-order valence-electron chi connectivity index (χ1n) is 5.25. The average Bonchev–Trinajstić information content (AvgIpc) is 2.80. The van der Waals surface area contributed by atoms with Crippen molar-refractivity contribution in [3.8, 4) is 0 Å². The van der Waals surface area contributed by atoms with Crippen molar-refractivity contribution in [2.45, 2.75) is 46.1 Å². The minimum atomic E-state index is 0.427. The van der Waals surface area contributed by atoms with Gasteiger partial charge in [0.15, 0.2) is 0 Å². The Morgan fingerprint density at radius 2 is 1.92 bits per heavy atom. The van der Waals surface area contributed by atoms with E-state index in [9.17, 15) is 0 Å². The fourth-order valence-electron chi connectivity index (χ4n) is 1.54. The molecular formula is C11H21BrO. The van der Waals surface area contributed by atoms with Crippen LogP contribution in [-0.4, -0.2) is 18.0 Å². The van der Waals surface area contributed by atoms with Crippen LogP contribution in [0.4, 0.5) is 0 Å². The molecule has 1 atom stereocenters. The van der Waals surface area contributed by atoms with Gasteiger partial charge in [0, 0.05) is 10.7 Å². The molecule has 1 aliphatic rings. The Bertz CT molecular complexity index is 152. The Kier molecular flexibility index (Phi) is 4.24. The first kappa shape index (κ1) is 11.5.